The first-order valence-electron chi connectivity index (χ1n) is 20.7. The largest absolute Gasteiger partial charge is 0.457 e. The highest BCUT2D eigenvalue weighted by Gasteiger charge is 2.06. The summed E-state index contributed by atoms with van der Waals surface area (Å²) in [5.74, 6) is 1.74. The summed E-state index contributed by atoms with van der Waals surface area (Å²) >= 11 is 0. The van der Waals surface area contributed by atoms with Crippen molar-refractivity contribution in [1.29, 1.82) is 0 Å². The third-order valence-corrected chi connectivity index (χ3v) is 9.69. The van der Waals surface area contributed by atoms with Gasteiger partial charge < -0.3 is 4.74 Å². The third kappa shape index (κ3) is 17.0. The lowest BCUT2D eigenvalue weighted by Gasteiger charge is -2.13. The van der Waals surface area contributed by atoms with Crippen LogP contribution in [0.3, 0.4) is 0 Å². The fraction of sp³-hybridized carbons (Fsp3) is 0.179. The van der Waals surface area contributed by atoms with Crippen LogP contribution in [-0.4, -0.2) is 0 Å². The van der Waals surface area contributed by atoms with Crippen molar-refractivity contribution in [2.75, 3.05) is 0 Å². The molecule has 2 aliphatic rings. The zero-order valence-electron chi connectivity index (χ0n) is 33.4. The lowest BCUT2D eigenvalue weighted by atomic mass is 9.92. The molecule has 0 aromatic heterocycles. The van der Waals surface area contributed by atoms with Crippen LogP contribution < -0.4 is 4.74 Å². The van der Waals surface area contributed by atoms with E-state index in [1.807, 2.05) is 109 Å². The molecule has 1 fully saturated rings. The zero-order chi connectivity index (χ0) is 39.3. The number of fused-ring (bicyclic) bond motifs is 2. The van der Waals surface area contributed by atoms with E-state index in [9.17, 15) is 0 Å². The Morgan fingerprint density at radius 1 is 0.228 bits per heavy atom. The van der Waals surface area contributed by atoms with Gasteiger partial charge >= 0.3 is 0 Å². The Morgan fingerprint density at radius 2 is 0.474 bits per heavy atom. The van der Waals surface area contributed by atoms with Crippen molar-refractivity contribution in [3.63, 3.8) is 0 Å². The van der Waals surface area contributed by atoms with Gasteiger partial charge in [0.1, 0.15) is 11.5 Å². The quantitative estimate of drug-likeness (QED) is 0.175. The number of aryl methyl sites for hydroxylation is 2. The van der Waals surface area contributed by atoms with Gasteiger partial charge in [0, 0.05) is 0 Å². The van der Waals surface area contributed by atoms with Crippen LogP contribution in [0.2, 0.25) is 0 Å². The molecule has 0 N–H and O–H groups in total. The number of rotatable bonds is 3. The SMILES string of the molecule is C1CCCCC1.c1ccc(-c2ccccc2)cc1.c1ccc(Oc2ccccc2)cc1.c1ccc2c(c1)CCCC2.c1ccc2ccccc2c1.c1ccccc1. The van der Waals surface area contributed by atoms with E-state index in [1.165, 1.54) is 86.1 Å². The molecule has 0 amide bonds. The molecule has 1 nitrogen and oxygen atoms in total. The Balaban J connectivity index is 0.000000133. The van der Waals surface area contributed by atoms with Gasteiger partial charge in [0.25, 0.3) is 0 Å². The van der Waals surface area contributed by atoms with Crippen LogP contribution in [0.5, 0.6) is 11.5 Å². The number of para-hydroxylation sites is 2. The van der Waals surface area contributed by atoms with E-state index >= 15 is 0 Å². The Hall–Kier alpha value is -6.18. The normalized spacial score (nSPS) is 12.2. The van der Waals surface area contributed by atoms with Crippen LogP contribution in [0.25, 0.3) is 21.9 Å². The molecular formula is C56H58O. The smallest absolute Gasteiger partial charge is 0.127 e. The van der Waals surface area contributed by atoms with Crippen LogP contribution in [-0.2, 0) is 12.8 Å². The maximum Gasteiger partial charge on any atom is 0.127 e. The first-order valence-corrected chi connectivity index (χ1v) is 20.7. The number of ether oxygens (including phenoxy) is 1. The highest BCUT2D eigenvalue weighted by Crippen LogP contribution is 2.21. The summed E-state index contributed by atoms with van der Waals surface area (Å²) in [5, 5.41) is 2.62. The molecule has 288 valence electrons. The molecule has 0 heterocycles. The van der Waals surface area contributed by atoms with Gasteiger partial charge in [0.15, 0.2) is 0 Å². The molecule has 0 aliphatic heterocycles. The first-order chi connectivity index (χ1) is 28.3. The molecule has 0 unspecified atom stereocenters. The number of benzene rings is 8. The predicted molar refractivity (Wildman–Crippen MR) is 246 cm³/mol. The molecule has 10 rings (SSSR count). The van der Waals surface area contributed by atoms with Crippen LogP contribution in [0.4, 0.5) is 0 Å². The van der Waals surface area contributed by atoms with Gasteiger partial charge in [-0.1, -0.05) is 245 Å². The van der Waals surface area contributed by atoms with Gasteiger partial charge in [0.2, 0.25) is 0 Å². The molecule has 8 aromatic carbocycles. The zero-order valence-corrected chi connectivity index (χ0v) is 33.4. The lowest BCUT2D eigenvalue weighted by molar-refractivity contribution is 0.482. The highest BCUT2D eigenvalue weighted by molar-refractivity contribution is 5.82. The summed E-state index contributed by atoms with van der Waals surface area (Å²) in [6.07, 6.45) is 14.4. The molecule has 0 saturated heterocycles. The van der Waals surface area contributed by atoms with Crippen LogP contribution >= 0.6 is 0 Å². The van der Waals surface area contributed by atoms with Gasteiger partial charge in [0.05, 0.1) is 0 Å². The summed E-state index contributed by atoms with van der Waals surface area (Å²) in [6.45, 7) is 0. The Labute approximate surface area is 342 Å². The van der Waals surface area contributed by atoms with E-state index in [0.717, 1.165) is 11.5 Å². The minimum Gasteiger partial charge on any atom is -0.457 e. The molecule has 0 atom stereocenters. The second-order valence-corrected chi connectivity index (χ2v) is 14.1. The minimum absolute atomic E-state index is 0.869. The minimum atomic E-state index is 0.869. The van der Waals surface area contributed by atoms with E-state index in [-0.39, 0.29) is 0 Å². The van der Waals surface area contributed by atoms with Crippen molar-refractivity contribution in [2.24, 2.45) is 0 Å². The molecule has 0 spiro atoms. The van der Waals surface area contributed by atoms with Crippen molar-refractivity contribution in [3.05, 3.63) is 242 Å². The lowest BCUT2D eigenvalue weighted by Crippen LogP contribution is -2.00. The van der Waals surface area contributed by atoms with E-state index in [2.05, 4.69) is 121 Å². The first kappa shape index (κ1) is 42.0. The maximum absolute atomic E-state index is 5.58. The molecule has 8 aromatic rings. The molecular weight excluding hydrogens is 689 g/mol. The highest BCUT2D eigenvalue weighted by atomic mass is 16.5. The Kier molecular flexibility index (Phi) is 19.6. The van der Waals surface area contributed by atoms with Crippen molar-refractivity contribution in [1.82, 2.24) is 0 Å². The molecule has 1 saturated carbocycles. The average molecular weight is 747 g/mol. The monoisotopic (exact) mass is 746 g/mol. The van der Waals surface area contributed by atoms with Crippen molar-refractivity contribution >= 4 is 10.8 Å². The second kappa shape index (κ2) is 26.6. The fourth-order valence-electron chi connectivity index (χ4n) is 6.63. The van der Waals surface area contributed by atoms with Crippen molar-refractivity contribution < 1.29 is 4.74 Å². The molecule has 0 bridgehead atoms. The van der Waals surface area contributed by atoms with E-state index in [4.69, 9.17) is 4.74 Å². The summed E-state index contributed by atoms with van der Waals surface area (Å²) < 4.78 is 5.58. The topological polar surface area (TPSA) is 9.23 Å². The van der Waals surface area contributed by atoms with Gasteiger partial charge in [-0.05, 0) is 83.0 Å². The van der Waals surface area contributed by atoms with Gasteiger partial charge in [-0.15, -0.1) is 0 Å². The molecule has 2 aliphatic carbocycles. The van der Waals surface area contributed by atoms with Crippen molar-refractivity contribution in [3.8, 4) is 22.6 Å². The van der Waals surface area contributed by atoms with E-state index < -0.39 is 0 Å². The van der Waals surface area contributed by atoms with Crippen molar-refractivity contribution in [2.45, 2.75) is 64.2 Å². The van der Waals surface area contributed by atoms with Crippen LogP contribution in [0, 0.1) is 0 Å². The van der Waals surface area contributed by atoms with Gasteiger partial charge in [-0.25, -0.2) is 0 Å². The summed E-state index contributed by atoms with van der Waals surface area (Å²) in [7, 11) is 0. The average Bonchev–Trinajstić information content (AvgIpc) is 3.32. The van der Waals surface area contributed by atoms with Crippen LogP contribution in [0.15, 0.2) is 231 Å². The van der Waals surface area contributed by atoms with E-state index in [1.54, 1.807) is 11.1 Å². The van der Waals surface area contributed by atoms with Crippen LogP contribution in [0.1, 0.15) is 62.5 Å². The molecule has 57 heavy (non-hydrogen) atoms. The number of hydrogen-bond acceptors (Lipinski definition) is 1. The molecule has 0 radical (unpaired) electrons. The van der Waals surface area contributed by atoms with E-state index in [0.29, 0.717) is 0 Å². The predicted octanol–water partition coefficient (Wildman–Crippen LogP) is 16.3. The van der Waals surface area contributed by atoms with Gasteiger partial charge in [-0.2, -0.15) is 0 Å². The van der Waals surface area contributed by atoms with Gasteiger partial charge in [-0.3, -0.25) is 0 Å². The second-order valence-electron chi connectivity index (χ2n) is 14.1. The summed E-state index contributed by atoms with van der Waals surface area (Å²) in [6, 6.07) is 77.8. The maximum atomic E-state index is 5.58. The summed E-state index contributed by atoms with van der Waals surface area (Å²) in [4.78, 5) is 0. The fourth-order valence-corrected chi connectivity index (χ4v) is 6.63. The number of hydrogen-bond donors (Lipinski definition) is 0. The third-order valence-electron chi connectivity index (χ3n) is 9.69. The standard InChI is InChI=1S/C12H10O.C12H10.C10H12.C10H8.C6H12.C6H6/c1-3-7-11(8-4-1)13-12-9-5-2-6-10-12;1-3-7-11(8-4-1)12-9-5-2-6-10-12;2*1-2-6-10-8-4-3-7-9(10)5-1;2*1-2-4-6-5-3-1/h1-10H;1-10H;1-2,5-6H,3-4,7-8H2;1-8H;1-6H2;1-6H. The Bertz CT molecular complexity index is 1940. The Morgan fingerprint density at radius 3 is 0.789 bits per heavy atom. The molecule has 1 heteroatoms. The summed E-state index contributed by atoms with van der Waals surface area (Å²) in [5.41, 5.74) is 5.71.